The molecule has 0 fully saturated rings. The Bertz CT molecular complexity index is 1000. The van der Waals surface area contributed by atoms with E-state index in [0.29, 0.717) is 23.5 Å². The Morgan fingerprint density at radius 3 is 2.84 bits per heavy atom. The lowest BCUT2D eigenvalue weighted by Gasteiger charge is -2.09. The van der Waals surface area contributed by atoms with Gasteiger partial charge in [-0.05, 0) is 50.1 Å². The quantitative estimate of drug-likeness (QED) is 0.657. The van der Waals surface area contributed by atoms with Crippen LogP contribution >= 0.6 is 11.3 Å². The average Bonchev–Trinajstić information content (AvgIpc) is 2.90. The van der Waals surface area contributed by atoms with Crippen LogP contribution in [-0.4, -0.2) is 29.6 Å². The molecule has 0 bridgehead atoms. The molecule has 1 aromatic carbocycles. The number of fused-ring (bicyclic) bond motifs is 1. The molecule has 0 aliphatic rings. The van der Waals surface area contributed by atoms with Crippen LogP contribution in [0.2, 0.25) is 0 Å². The Morgan fingerprint density at radius 2 is 2.12 bits per heavy atom. The maximum Gasteiger partial charge on any atom is 0.282 e. The van der Waals surface area contributed by atoms with E-state index in [1.165, 1.54) is 22.3 Å². The van der Waals surface area contributed by atoms with E-state index < -0.39 is 0 Å². The van der Waals surface area contributed by atoms with E-state index in [0.717, 1.165) is 20.8 Å². The average molecular weight is 357 g/mol. The maximum atomic E-state index is 12.6. The first-order chi connectivity index (χ1) is 12.0. The van der Waals surface area contributed by atoms with Gasteiger partial charge in [0.05, 0.1) is 25.3 Å². The fourth-order valence-corrected chi connectivity index (χ4v) is 3.46. The number of hydrogen-bond donors (Lipinski definition) is 0. The van der Waals surface area contributed by atoms with Crippen LogP contribution in [0.1, 0.15) is 22.9 Å². The van der Waals surface area contributed by atoms with E-state index in [1.54, 1.807) is 13.3 Å². The fraction of sp³-hybridized carbons (Fsp3) is 0.278. The molecule has 0 radical (unpaired) electrons. The molecular formula is C18H19N3O3S. The molecule has 0 amide bonds. The molecule has 6 nitrogen and oxygen atoms in total. The molecule has 2 aromatic heterocycles. The number of benzene rings is 1. The van der Waals surface area contributed by atoms with Gasteiger partial charge in [-0.3, -0.25) is 4.79 Å². The molecule has 0 N–H and O–H groups in total. The zero-order chi connectivity index (χ0) is 18.0. The SMILES string of the molecule is CCOc1ccc(/C=N\n2cnc3sc(C)c(C)c3c2=O)cc1OC. The molecule has 3 rings (SSSR count). The van der Waals surface area contributed by atoms with Crippen molar-refractivity contribution in [3.05, 3.63) is 50.9 Å². The van der Waals surface area contributed by atoms with Gasteiger partial charge in [0, 0.05) is 4.88 Å². The second-order valence-electron chi connectivity index (χ2n) is 5.45. The van der Waals surface area contributed by atoms with Gasteiger partial charge in [0.1, 0.15) is 11.2 Å². The van der Waals surface area contributed by atoms with E-state index >= 15 is 0 Å². The molecule has 0 aliphatic heterocycles. The Hall–Kier alpha value is -2.67. The number of methoxy groups -OCH3 is 1. The van der Waals surface area contributed by atoms with Gasteiger partial charge in [-0.2, -0.15) is 9.78 Å². The summed E-state index contributed by atoms with van der Waals surface area (Å²) in [5.41, 5.74) is 1.59. The molecule has 7 heteroatoms. The van der Waals surface area contributed by atoms with Crippen molar-refractivity contribution in [3.8, 4) is 11.5 Å². The van der Waals surface area contributed by atoms with Crippen LogP contribution in [0.3, 0.4) is 0 Å². The van der Waals surface area contributed by atoms with Crippen LogP contribution in [0.25, 0.3) is 10.2 Å². The van der Waals surface area contributed by atoms with E-state index in [-0.39, 0.29) is 5.56 Å². The Kier molecular flexibility index (Phi) is 4.85. The van der Waals surface area contributed by atoms with Crippen LogP contribution in [0.4, 0.5) is 0 Å². The van der Waals surface area contributed by atoms with Crippen molar-refractivity contribution < 1.29 is 9.47 Å². The summed E-state index contributed by atoms with van der Waals surface area (Å²) in [5, 5.41) is 4.88. The van der Waals surface area contributed by atoms with Gasteiger partial charge < -0.3 is 9.47 Å². The molecule has 2 heterocycles. The minimum absolute atomic E-state index is 0.166. The summed E-state index contributed by atoms with van der Waals surface area (Å²) in [6, 6.07) is 5.49. The first-order valence-electron chi connectivity index (χ1n) is 7.87. The third-order valence-electron chi connectivity index (χ3n) is 3.89. The van der Waals surface area contributed by atoms with Crippen LogP contribution in [0.15, 0.2) is 34.4 Å². The van der Waals surface area contributed by atoms with Crippen LogP contribution < -0.4 is 15.0 Å². The maximum absolute atomic E-state index is 12.6. The molecule has 0 saturated carbocycles. The van der Waals surface area contributed by atoms with Gasteiger partial charge in [0.25, 0.3) is 5.56 Å². The Balaban J connectivity index is 1.97. The third kappa shape index (κ3) is 3.28. The number of aromatic nitrogens is 2. The van der Waals surface area contributed by atoms with Crippen LogP contribution in [-0.2, 0) is 0 Å². The minimum Gasteiger partial charge on any atom is -0.493 e. The van der Waals surface area contributed by atoms with Gasteiger partial charge >= 0.3 is 0 Å². The Labute approximate surface area is 149 Å². The summed E-state index contributed by atoms with van der Waals surface area (Å²) in [6.45, 7) is 6.40. The summed E-state index contributed by atoms with van der Waals surface area (Å²) in [7, 11) is 1.59. The second-order valence-corrected chi connectivity index (χ2v) is 6.65. The van der Waals surface area contributed by atoms with Crippen molar-refractivity contribution in [1.82, 2.24) is 9.66 Å². The van der Waals surface area contributed by atoms with E-state index in [4.69, 9.17) is 9.47 Å². The molecule has 0 saturated heterocycles. The lowest BCUT2D eigenvalue weighted by Crippen LogP contribution is -2.16. The molecule has 0 spiro atoms. The summed E-state index contributed by atoms with van der Waals surface area (Å²) in [5.74, 6) is 1.29. The molecular weight excluding hydrogens is 338 g/mol. The Morgan fingerprint density at radius 1 is 1.32 bits per heavy atom. The lowest BCUT2D eigenvalue weighted by molar-refractivity contribution is 0.311. The molecule has 0 atom stereocenters. The fourth-order valence-electron chi connectivity index (χ4n) is 2.48. The number of thiophene rings is 1. The third-order valence-corrected chi connectivity index (χ3v) is 5.01. The smallest absolute Gasteiger partial charge is 0.282 e. The normalized spacial score (nSPS) is 11.4. The van der Waals surface area contributed by atoms with Gasteiger partial charge in [0.15, 0.2) is 11.5 Å². The molecule has 3 aromatic rings. The van der Waals surface area contributed by atoms with Crippen molar-refractivity contribution in [2.45, 2.75) is 20.8 Å². The topological polar surface area (TPSA) is 65.7 Å². The second kappa shape index (κ2) is 7.06. The summed E-state index contributed by atoms with van der Waals surface area (Å²) in [6.07, 6.45) is 3.05. The standard InChI is InChI=1S/C18H19N3O3S/c1-5-24-14-7-6-13(8-15(14)23-4)9-20-21-10-19-17-16(18(21)22)11(2)12(3)25-17/h6-10H,5H2,1-4H3/b20-9-. The minimum atomic E-state index is -0.166. The summed E-state index contributed by atoms with van der Waals surface area (Å²) in [4.78, 5) is 18.8. The van der Waals surface area contributed by atoms with Crippen molar-refractivity contribution in [3.63, 3.8) is 0 Å². The van der Waals surface area contributed by atoms with E-state index in [2.05, 4.69) is 10.1 Å². The predicted octanol–water partition coefficient (Wildman–Crippen LogP) is 3.36. The lowest BCUT2D eigenvalue weighted by atomic mass is 10.2. The van der Waals surface area contributed by atoms with Crippen molar-refractivity contribution in [2.24, 2.45) is 5.10 Å². The van der Waals surface area contributed by atoms with Gasteiger partial charge in [-0.1, -0.05) is 0 Å². The number of rotatable bonds is 5. The molecule has 0 aliphatic carbocycles. The van der Waals surface area contributed by atoms with Gasteiger partial charge in [-0.25, -0.2) is 4.98 Å². The molecule has 25 heavy (non-hydrogen) atoms. The largest absolute Gasteiger partial charge is 0.493 e. The first kappa shape index (κ1) is 17.2. The highest BCUT2D eigenvalue weighted by molar-refractivity contribution is 7.18. The van der Waals surface area contributed by atoms with Gasteiger partial charge in [0.2, 0.25) is 0 Å². The predicted molar refractivity (Wildman–Crippen MR) is 101 cm³/mol. The monoisotopic (exact) mass is 357 g/mol. The first-order valence-corrected chi connectivity index (χ1v) is 8.69. The number of ether oxygens (including phenoxy) is 2. The van der Waals surface area contributed by atoms with E-state index in [1.807, 2.05) is 39.0 Å². The van der Waals surface area contributed by atoms with Crippen LogP contribution in [0.5, 0.6) is 11.5 Å². The number of hydrogen-bond acceptors (Lipinski definition) is 6. The summed E-state index contributed by atoms with van der Waals surface area (Å²) >= 11 is 1.52. The van der Waals surface area contributed by atoms with Crippen molar-refractivity contribution in [2.75, 3.05) is 13.7 Å². The summed E-state index contributed by atoms with van der Waals surface area (Å²) < 4.78 is 12.1. The number of nitrogens with zero attached hydrogens (tertiary/aromatic N) is 3. The highest BCUT2D eigenvalue weighted by atomic mass is 32.1. The number of aryl methyl sites for hydroxylation is 2. The highest BCUT2D eigenvalue weighted by Gasteiger charge is 2.11. The molecule has 0 unspecified atom stereocenters. The highest BCUT2D eigenvalue weighted by Crippen LogP contribution is 2.27. The van der Waals surface area contributed by atoms with Gasteiger partial charge in [-0.15, -0.1) is 11.3 Å². The van der Waals surface area contributed by atoms with E-state index in [9.17, 15) is 4.79 Å². The molecule has 130 valence electrons. The van der Waals surface area contributed by atoms with Crippen LogP contribution in [0, 0.1) is 13.8 Å². The van der Waals surface area contributed by atoms with Crippen molar-refractivity contribution in [1.29, 1.82) is 0 Å². The zero-order valence-corrected chi connectivity index (χ0v) is 15.4. The van der Waals surface area contributed by atoms with Crippen molar-refractivity contribution >= 4 is 27.8 Å². The zero-order valence-electron chi connectivity index (χ0n) is 14.6.